The van der Waals surface area contributed by atoms with E-state index in [9.17, 15) is 9.59 Å². The van der Waals surface area contributed by atoms with E-state index in [0.717, 1.165) is 11.6 Å². The van der Waals surface area contributed by atoms with Gasteiger partial charge < -0.3 is 10.8 Å². The van der Waals surface area contributed by atoms with Gasteiger partial charge in [-0.25, -0.2) is 4.79 Å². The normalized spacial score (nSPS) is 10.5. The van der Waals surface area contributed by atoms with Crippen molar-refractivity contribution in [1.29, 1.82) is 0 Å². The summed E-state index contributed by atoms with van der Waals surface area (Å²) < 4.78 is 0. The van der Waals surface area contributed by atoms with Gasteiger partial charge in [-0.05, 0) is 36.3 Å². The molecule has 1 aromatic rings. The van der Waals surface area contributed by atoms with E-state index in [1.807, 2.05) is 6.92 Å². The molecular formula is C11H11NO3. The zero-order valence-electron chi connectivity index (χ0n) is 8.23. The largest absolute Gasteiger partial charge is 0.478 e. The van der Waals surface area contributed by atoms with E-state index in [4.69, 9.17) is 10.8 Å². The molecule has 0 bridgehead atoms. The first-order valence-corrected chi connectivity index (χ1v) is 4.32. The highest BCUT2D eigenvalue weighted by atomic mass is 16.4. The van der Waals surface area contributed by atoms with Crippen molar-refractivity contribution in [3.63, 3.8) is 0 Å². The Balaban J connectivity index is 3.11. The molecule has 0 heterocycles. The molecular weight excluding hydrogens is 194 g/mol. The fourth-order valence-electron chi connectivity index (χ4n) is 1.13. The van der Waals surface area contributed by atoms with Crippen molar-refractivity contribution in [1.82, 2.24) is 0 Å². The SMILES string of the molecule is Cc1ccc(C(N)=O)cc1/C=C/C(=O)O. The van der Waals surface area contributed by atoms with Crippen LogP contribution in [0.5, 0.6) is 0 Å². The van der Waals surface area contributed by atoms with E-state index in [1.165, 1.54) is 6.08 Å². The summed E-state index contributed by atoms with van der Waals surface area (Å²) in [6, 6.07) is 4.90. The lowest BCUT2D eigenvalue weighted by Gasteiger charge is -2.02. The summed E-state index contributed by atoms with van der Waals surface area (Å²) in [6.45, 7) is 1.83. The molecule has 1 amide bonds. The van der Waals surface area contributed by atoms with Gasteiger partial charge in [0.25, 0.3) is 0 Å². The summed E-state index contributed by atoms with van der Waals surface area (Å²) in [5.74, 6) is -1.56. The second-order valence-corrected chi connectivity index (χ2v) is 3.11. The average Bonchev–Trinajstić information content (AvgIpc) is 2.16. The van der Waals surface area contributed by atoms with E-state index in [0.29, 0.717) is 11.1 Å². The van der Waals surface area contributed by atoms with Crippen molar-refractivity contribution in [3.8, 4) is 0 Å². The summed E-state index contributed by atoms with van der Waals surface area (Å²) in [5.41, 5.74) is 7.04. The maximum Gasteiger partial charge on any atom is 0.328 e. The minimum atomic E-state index is -1.03. The van der Waals surface area contributed by atoms with E-state index in [2.05, 4.69) is 0 Å². The number of hydrogen-bond acceptors (Lipinski definition) is 2. The topological polar surface area (TPSA) is 80.4 Å². The van der Waals surface area contributed by atoms with Crippen LogP contribution in [0.2, 0.25) is 0 Å². The van der Waals surface area contributed by atoms with Crippen molar-refractivity contribution >= 4 is 18.0 Å². The van der Waals surface area contributed by atoms with Crippen LogP contribution in [-0.4, -0.2) is 17.0 Å². The van der Waals surface area contributed by atoms with E-state index >= 15 is 0 Å². The highest BCUT2D eigenvalue weighted by Crippen LogP contribution is 2.12. The zero-order chi connectivity index (χ0) is 11.4. The molecule has 1 aromatic carbocycles. The standard InChI is InChI=1S/C11H11NO3/c1-7-2-3-9(11(12)15)6-8(7)4-5-10(13)14/h2-6H,1H3,(H2,12,15)(H,13,14)/b5-4+. The molecule has 0 spiro atoms. The molecule has 0 aromatic heterocycles. The number of carboxylic acids is 1. The first-order chi connectivity index (χ1) is 7.00. The lowest BCUT2D eigenvalue weighted by atomic mass is 10.0. The molecule has 4 heteroatoms. The van der Waals surface area contributed by atoms with Gasteiger partial charge in [0.1, 0.15) is 0 Å². The fourth-order valence-corrected chi connectivity index (χ4v) is 1.13. The molecule has 0 aliphatic carbocycles. The minimum absolute atomic E-state index is 0.366. The summed E-state index contributed by atoms with van der Waals surface area (Å²) in [6.07, 6.45) is 2.46. The van der Waals surface area contributed by atoms with Gasteiger partial charge in [0.05, 0.1) is 0 Å². The van der Waals surface area contributed by atoms with Gasteiger partial charge >= 0.3 is 5.97 Å². The third-order valence-corrected chi connectivity index (χ3v) is 1.97. The number of primary amides is 1. The van der Waals surface area contributed by atoms with Crippen LogP contribution >= 0.6 is 0 Å². The molecule has 0 saturated heterocycles. The van der Waals surface area contributed by atoms with Crippen LogP contribution in [0.3, 0.4) is 0 Å². The van der Waals surface area contributed by atoms with Crippen LogP contribution in [0.15, 0.2) is 24.3 Å². The molecule has 0 saturated carbocycles. The minimum Gasteiger partial charge on any atom is -0.478 e. The number of aliphatic carboxylic acids is 1. The number of amides is 1. The Kier molecular flexibility index (Phi) is 3.23. The highest BCUT2D eigenvalue weighted by molar-refractivity contribution is 5.94. The van der Waals surface area contributed by atoms with Crippen molar-refractivity contribution in [2.24, 2.45) is 5.73 Å². The second kappa shape index (κ2) is 4.41. The first kappa shape index (κ1) is 11.0. The van der Waals surface area contributed by atoms with E-state index < -0.39 is 11.9 Å². The van der Waals surface area contributed by atoms with Gasteiger partial charge in [0.2, 0.25) is 5.91 Å². The Morgan fingerprint density at radius 3 is 2.60 bits per heavy atom. The summed E-state index contributed by atoms with van der Waals surface area (Å²) in [5, 5.41) is 8.47. The number of hydrogen-bond donors (Lipinski definition) is 2. The summed E-state index contributed by atoms with van der Waals surface area (Å²) in [4.78, 5) is 21.2. The molecule has 0 radical (unpaired) electrons. The van der Waals surface area contributed by atoms with Crippen molar-refractivity contribution in [2.75, 3.05) is 0 Å². The van der Waals surface area contributed by atoms with Gasteiger partial charge in [-0.2, -0.15) is 0 Å². The van der Waals surface area contributed by atoms with Crippen LogP contribution in [0.1, 0.15) is 21.5 Å². The number of carbonyl (C=O) groups excluding carboxylic acids is 1. The van der Waals surface area contributed by atoms with Crippen molar-refractivity contribution in [2.45, 2.75) is 6.92 Å². The lowest BCUT2D eigenvalue weighted by molar-refractivity contribution is -0.131. The van der Waals surface area contributed by atoms with Crippen LogP contribution in [0.4, 0.5) is 0 Å². The number of benzene rings is 1. The third-order valence-electron chi connectivity index (χ3n) is 1.97. The number of nitrogens with two attached hydrogens (primary N) is 1. The molecule has 0 atom stereocenters. The summed E-state index contributed by atoms with van der Waals surface area (Å²) in [7, 11) is 0. The van der Waals surface area contributed by atoms with Gasteiger partial charge in [0, 0.05) is 11.6 Å². The van der Waals surface area contributed by atoms with E-state index in [1.54, 1.807) is 18.2 Å². The molecule has 4 nitrogen and oxygen atoms in total. The Morgan fingerprint density at radius 2 is 2.07 bits per heavy atom. The Hall–Kier alpha value is -2.10. The van der Waals surface area contributed by atoms with Gasteiger partial charge in [-0.3, -0.25) is 4.79 Å². The van der Waals surface area contributed by atoms with Gasteiger partial charge in [-0.15, -0.1) is 0 Å². The van der Waals surface area contributed by atoms with Gasteiger partial charge in [0.15, 0.2) is 0 Å². The second-order valence-electron chi connectivity index (χ2n) is 3.11. The number of aryl methyl sites for hydroxylation is 1. The molecule has 0 unspecified atom stereocenters. The Labute approximate surface area is 87.0 Å². The number of carbonyl (C=O) groups is 2. The smallest absolute Gasteiger partial charge is 0.328 e. The summed E-state index contributed by atoms with van der Waals surface area (Å²) >= 11 is 0. The molecule has 0 aliphatic heterocycles. The van der Waals surface area contributed by atoms with Crippen LogP contribution in [0.25, 0.3) is 6.08 Å². The Bertz CT molecular complexity index is 435. The van der Waals surface area contributed by atoms with Gasteiger partial charge in [-0.1, -0.05) is 6.07 Å². The van der Waals surface area contributed by atoms with Crippen LogP contribution in [0, 0.1) is 6.92 Å². The lowest BCUT2D eigenvalue weighted by Crippen LogP contribution is -2.11. The van der Waals surface area contributed by atoms with Crippen molar-refractivity contribution < 1.29 is 14.7 Å². The molecule has 3 N–H and O–H groups in total. The average molecular weight is 205 g/mol. The first-order valence-electron chi connectivity index (χ1n) is 4.32. The predicted molar refractivity (Wildman–Crippen MR) is 56.4 cm³/mol. The maximum atomic E-state index is 10.9. The predicted octanol–water partition coefficient (Wildman–Crippen LogP) is 1.19. The van der Waals surface area contributed by atoms with Crippen LogP contribution in [-0.2, 0) is 4.79 Å². The van der Waals surface area contributed by atoms with Crippen LogP contribution < -0.4 is 5.73 Å². The number of rotatable bonds is 3. The molecule has 0 aliphatic rings. The number of carboxylic acid groups (broad SMARTS) is 1. The Morgan fingerprint density at radius 1 is 1.40 bits per heavy atom. The van der Waals surface area contributed by atoms with E-state index in [-0.39, 0.29) is 0 Å². The van der Waals surface area contributed by atoms with Crippen molar-refractivity contribution in [3.05, 3.63) is 41.0 Å². The maximum absolute atomic E-state index is 10.9. The highest BCUT2D eigenvalue weighted by Gasteiger charge is 2.02. The third kappa shape index (κ3) is 2.95. The zero-order valence-corrected chi connectivity index (χ0v) is 8.23. The quantitative estimate of drug-likeness (QED) is 0.727. The molecule has 1 rings (SSSR count). The molecule has 78 valence electrons. The molecule has 15 heavy (non-hydrogen) atoms. The fraction of sp³-hybridized carbons (Fsp3) is 0.0909. The molecule has 0 fully saturated rings. The monoisotopic (exact) mass is 205 g/mol.